The molecular formula is C36H46N2O7. The second-order valence-corrected chi connectivity index (χ2v) is 13.0. The van der Waals surface area contributed by atoms with Gasteiger partial charge in [0.1, 0.15) is 5.78 Å². The van der Waals surface area contributed by atoms with E-state index in [1.54, 1.807) is 0 Å². The van der Waals surface area contributed by atoms with Crippen LogP contribution in [-0.2, 0) is 41.6 Å². The van der Waals surface area contributed by atoms with Crippen LogP contribution in [0.1, 0.15) is 83.3 Å². The Kier molecular flexibility index (Phi) is 13.2. The highest BCUT2D eigenvalue weighted by Crippen LogP contribution is 2.29. The molecule has 0 bridgehead atoms. The van der Waals surface area contributed by atoms with Crippen molar-refractivity contribution in [3.05, 3.63) is 71.8 Å². The van der Waals surface area contributed by atoms with Crippen molar-refractivity contribution in [2.75, 3.05) is 0 Å². The number of carbonyl (C=O) groups excluding carboxylic acids is 5. The number of Topliss-reactive ketones (excluding diaryl/α,β-unsaturated/α-hetero) is 3. The molecule has 3 N–H and O–H groups in total. The summed E-state index contributed by atoms with van der Waals surface area (Å²) in [7, 11) is 0. The van der Waals surface area contributed by atoms with Crippen LogP contribution in [0.2, 0.25) is 0 Å². The number of carboxylic acids is 1. The van der Waals surface area contributed by atoms with E-state index in [1.165, 1.54) is 20.8 Å². The van der Waals surface area contributed by atoms with Crippen molar-refractivity contribution in [2.45, 2.75) is 97.1 Å². The monoisotopic (exact) mass is 618 g/mol. The van der Waals surface area contributed by atoms with E-state index in [1.807, 2.05) is 60.7 Å². The van der Waals surface area contributed by atoms with Gasteiger partial charge in [0.25, 0.3) is 5.91 Å². The Bertz CT molecular complexity index is 1330. The highest BCUT2D eigenvalue weighted by molar-refractivity contribution is 6.38. The Morgan fingerprint density at radius 1 is 0.844 bits per heavy atom. The van der Waals surface area contributed by atoms with Crippen LogP contribution in [0.25, 0.3) is 0 Å². The van der Waals surface area contributed by atoms with Crippen LogP contribution in [0.15, 0.2) is 60.7 Å². The van der Waals surface area contributed by atoms with E-state index in [0.717, 1.165) is 43.2 Å². The van der Waals surface area contributed by atoms with E-state index in [2.05, 4.69) is 10.6 Å². The summed E-state index contributed by atoms with van der Waals surface area (Å²) in [5.41, 5.74) is 0.366. The van der Waals surface area contributed by atoms with Gasteiger partial charge in [0.15, 0.2) is 5.78 Å². The number of hydrogen-bond donors (Lipinski definition) is 3. The maximum absolute atomic E-state index is 13.4. The number of carbonyl (C=O) groups is 6. The molecule has 0 aromatic heterocycles. The molecule has 3 atom stereocenters. The molecule has 0 saturated heterocycles. The number of hydrogen-bond acceptors (Lipinski definition) is 6. The summed E-state index contributed by atoms with van der Waals surface area (Å²) in [6.45, 7) is 4.30. The van der Waals surface area contributed by atoms with Gasteiger partial charge in [-0.15, -0.1) is 0 Å². The quantitative estimate of drug-likeness (QED) is 0.219. The summed E-state index contributed by atoms with van der Waals surface area (Å²) in [5.74, 6) is -4.72. The molecule has 1 saturated carbocycles. The van der Waals surface area contributed by atoms with Gasteiger partial charge in [0.2, 0.25) is 11.7 Å². The van der Waals surface area contributed by atoms with Gasteiger partial charge in [-0.25, -0.2) is 0 Å². The molecule has 1 fully saturated rings. The summed E-state index contributed by atoms with van der Waals surface area (Å²) in [5, 5.41) is 14.7. The number of carboxylic acid groups (broad SMARTS) is 1. The van der Waals surface area contributed by atoms with Gasteiger partial charge in [-0.05, 0) is 50.7 Å². The maximum Gasteiger partial charge on any atom is 0.309 e. The topological polar surface area (TPSA) is 147 Å². The first-order chi connectivity index (χ1) is 21.4. The SMILES string of the molecule is CC(NC(=O)[C@@H](CC(=O)Cc1ccccc1)Cc1ccccc1)C(=O)C(=O)N[C@@H](CC1CCCCC1)C(=O)CC(C)(C)C(=O)O. The fourth-order valence-electron chi connectivity index (χ4n) is 5.81. The molecule has 1 aliphatic rings. The third-order valence-electron chi connectivity index (χ3n) is 8.57. The zero-order valence-corrected chi connectivity index (χ0v) is 26.6. The third-order valence-corrected chi connectivity index (χ3v) is 8.57. The lowest BCUT2D eigenvalue weighted by Crippen LogP contribution is -2.52. The van der Waals surface area contributed by atoms with Crippen molar-refractivity contribution in [3.8, 4) is 0 Å². The molecule has 0 aliphatic heterocycles. The summed E-state index contributed by atoms with van der Waals surface area (Å²) >= 11 is 0. The van der Waals surface area contributed by atoms with Gasteiger partial charge >= 0.3 is 5.97 Å². The normalized spacial score (nSPS) is 15.7. The average molecular weight is 619 g/mol. The lowest BCUT2D eigenvalue weighted by atomic mass is 9.80. The summed E-state index contributed by atoms with van der Waals surface area (Å²) < 4.78 is 0. The largest absolute Gasteiger partial charge is 0.481 e. The van der Waals surface area contributed by atoms with Crippen LogP contribution in [0.3, 0.4) is 0 Å². The zero-order chi connectivity index (χ0) is 33.0. The van der Waals surface area contributed by atoms with E-state index in [4.69, 9.17) is 0 Å². The number of rotatable bonds is 17. The fourth-order valence-corrected chi connectivity index (χ4v) is 5.81. The minimum Gasteiger partial charge on any atom is -0.481 e. The van der Waals surface area contributed by atoms with Crippen molar-refractivity contribution in [3.63, 3.8) is 0 Å². The lowest BCUT2D eigenvalue weighted by Gasteiger charge is -2.28. The molecule has 9 nitrogen and oxygen atoms in total. The maximum atomic E-state index is 13.4. The summed E-state index contributed by atoms with van der Waals surface area (Å²) in [6, 6.07) is 16.3. The Labute approximate surface area is 265 Å². The van der Waals surface area contributed by atoms with Crippen LogP contribution in [0, 0.1) is 17.3 Å². The lowest BCUT2D eigenvalue weighted by molar-refractivity contribution is -0.149. The molecule has 2 amide bonds. The molecular weight excluding hydrogens is 572 g/mol. The molecule has 9 heteroatoms. The molecule has 45 heavy (non-hydrogen) atoms. The Morgan fingerprint density at radius 2 is 1.42 bits per heavy atom. The number of benzene rings is 2. The number of aliphatic carboxylic acids is 1. The minimum atomic E-state index is -1.33. The van der Waals surface area contributed by atoms with Crippen molar-refractivity contribution in [2.24, 2.45) is 17.3 Å². The molecule has 3 rings (SSSR count). The molecule has 1 aliphatic carbocycles. The van der Waals surface area contributed by atoms with Crippen LogP contribution in [0.5, 0.6) is 0 Å². The molecule has 0 heterocycles. The van der Waals surface area contributed by atoms with Crippen molar-refractivity contribution >= 4 is 35.1 Å². The molecule has 0 radical (unpaired) electrons. The Hall–Kier alpha value is -4.14. The first-order valence-corrected chi connectivity index (χ1v) is 15.9. The van der Waals surface area contributed by atoms with E-state index in [9.17, 15) is 33.9 Å². The molecule has 242 valence electrons. The highest BCUT2D eigenvalue weighted by Gasteiger charge is 2.36. The van der Waals surface area contributed by atoms with Crippen molar-refractivity contribution < 1.29 is 33.9 Å². The third kappa shape index (κ3) is 11.4. The predicted octanol–water partition coefficient (Wildman–Crippen LogP) is 4.65. The van der Waals surface area contributed by atoms with Crippen LogP contribution in [-0.4, -0.2) is 52.3 Å². The standard InChI is InChI=1S/C36H46N2O7/c1-24(32(41)34(43)38-30(21-27-17-11-6-12-18-27)31(40)23-36(2,3)35(44)45)37-33(42)28(19-25-13-7-4-8-14-25)22-29(39)20-26-15-9-5-10-16-26/h4-5,7-10,13-16,24,27-28,30H,6,11-12,17-23H2,1-3H3,(H,37,42)(H,38,43)(H,44,45)/t24?,28-,30+/m1/s1. The van der Waals surface area contributed by atoms with Gasteiger partial charge < -0.3 is 15.7 Å². The second-order valence-electron chi connectivity index (χ2n) is 13.0. The van der Waals surface area contributed by atoms with E-state index in [0.29, 0.717) is 6.42 Å². The summed E-state index contributed by atoms with van der Waals surface area (Å²) in [4.78, 5) is 77.6. The first kappa shape index (κ1) is 35.3. The van der Waals surface area contributed by atoms with E-state index < -0.39 is 52.8 Å². The highest BCUT2D eigenvalue weighted by atomic mass is 16.4. The molecule has 0 spiro atoms. The van der Waals surface area contributed by atoms with Gasteiger partial charge in [-0.1, -0.05) is 92.8 Å². The van der Waals surface area contributed by atoms with Gasteiger partial charge in [-0.2, -0.15) is 0 Å². The number of nitrogens with one attached hydrogen (secondary N) is 2. The number of ketones is 3. The second kappa shape index (κ2) is 16.8. The zero-order valence-electron chi connectivity index (χ0n) is 26.6. The van der Waals surface area contributed by atoms with Gasteiger partial charge in [0, 0.05) is 25.2 Å². The summed E-state index contributed by atoms with van der Waals surface area (Å²) in [6.07, 6.45) is 5.37. The average Bonchev–Trinajstić information content (AvgIpc) is 3.01. The first-order valence-electron chi connectivity index (χ1n) is 15.9. The van der Waals surface area contributed by atoms with Crippen molar-refractivity contribution in [1.29, 1.82) is 0 Å². The van der Waals surface area contributed by atoms with Crippen molar-refractivity contribution in [1.82, 2.24) is 10.6 Å². The van der Waals surface area contributed by atoms with Crippen LogP contribution in [0.4, 0.5) is 0 Å². The van der Waals surface area contributed by atoms with Gasteiger partial charge in [-0.3, -0.25) is 28.8 Å². The van der Waals surface area contributed by atoms with Crippen LogP contribution < -0.4 is 10.6 Å². The van der Waals surface area contributed by atoms with Crippen LogP contribution >= 0.6 is 0 Å². The Balaban J connectivity index is 1.68. The van der Waals surface area contributed by atoms with E-state index in [-0.39, 0.29) is 37.4 Å². The smallest absolute Gasteiger partial charge is 0.309 e. The molecule has 1 unspecified atom stereocenters. The Morgan fingerprint density at radius 3 is 2.00 bits per heavy atom. The number of amides is 2. The van der Waals surface area contributed by atoms with E-state index >= 15 is 0 Å². The molecule has 2 aromatic carbocycles. The minimum absolute atomic E-state index is 0.0416. The van der Waals surface area contributed by atoms with Gasteiger partial charge in [0.05, 0.1) is 17.5 Å². The predicted molar refractivity (Wildman–Crippen MR) is 170 cm³/mol. The fraction of sp³-hybridized carbons (Fsp3) is 0.500. The molecule has 2 aromatic rings.